The van der Waals surface area contributed by atoms with E-state index in [9.17, 15) is 4.79 Å². The lowest BCUT2D eigenvalue weighted by molar-refractivity contribution is -0.121. The Labute approximate surface area is 124 Å². The molecule has 0 bridgehead atoms. The van der Waals surface area contributed by atoms with Gasteiger partial charge in [-0.2, -0.15) is 0 Å². The molecule has 1 aromatic rings. The SMILES string of the molecule is CCNC1CCCN(c2ccc(Br)cc2Br)C1=O. The summed E-state index contributed by atoms with van der Waals surface area (Å²) < 4.78 is 1.95. The monoisotopic (exact) mass is 374 g/mol. The van der Waals surface area contributed by atoms with E-state index in [1.54, 1.807) is 0 Å². The number of benzene rings is 1. The van der Waals surface area contributed by atoms with Crippen molar-refractivity contribution in [1.29, 1.82) is 0 Å². The highest BCUT2D eigenvalue weighted by molar-refractivity contribution is 9.11. The molecule has 1 aromatic carbocycles. The third-order valence-electron chi connectivity index (χ3n) is 3.09. The van der Waals surface area contributed by atoms with Crippen LogP contribution in [0.4, 0.5) is 5.69 Å². The smallest absolute Gasteiger partial charge is 0.244 e. The van der Waals surface area contributed by atoms with Gasteiger partial charge in [-0.25, -0.2) is 0 Å². The number of carbonyl (C=O) groups excluding carboxylic acids is 1. The van der Waals surface area contributed by atoms with Gasteiger partial charge in [0.05, 0.1) is 11.7 Å². The molecule has 1 fully saturated rings. The lowest BCUT2D eigenvalue weighted by Gasteiger charge is -2.33. The van der Waals surface area contributed by atoms with E-state index < -0.39 is 0 Å². The Balaban J connectivity index is 2.24. The van der Waals surface area contributed by atoms with Crippen molar-refractivity contribution in [3.63, 3.8) is 0 Å². The summed E-state index contributed by atoms with van der Waals surface area (Å²) in [5, 5.41) is 3.25. The van der Waals surface area contributed by atoms with Crippen LogP contribution in [0.2, 0.25) is 0 Å². The van der Waals surface area contributed by atoms with Crippen LogP contribution in [0, 0.1) is 0 Å². The summed E-state index contributed by atoms with van der Waals surface area (Å²) in [6.07, 6.45) is 1.96. The zero-order valence-corrected chi connectivity index (χ0v) is 13.4. The van der Waals surface area contributed by atoms with Gasteiger partial charge >= 0.3 is 0 Å². The van der Waals surface area contributed by atoms with Crippen molar-refractivity contribution in [3.8, 4) is 0 Å². The standard InChI is InChI=1S/C13H16Br2N2O/c1-2-16-11-4-3-7-17(13(11)18)12-6-5-9(14)8-10(12)15/h5-6,8,11,16H,2-4,7H2,1H3. The Morgan fingerprint density at radius 1 is 1.44 bits per heavy atom. The maximum Gasteiger partial charge on any atom is 0.244 e. The molecule has 0 spiro atoms. The van der Waals surface area contributed by atoms with Crippen LogP contribution in [0.25, 0.3) is 0 Å². The minimum atomic E-state index is -0.0423. The summed E-state index contributed by atoms with van der Waals surface area (Å²) in [4.78, 5) is 14.3. The number of anilines is 1. The summed E-state index contributed by atoms with van der Waals surface area (Å²) in [6.45, 7) is 3.65. The van der Waals surface area contributed by atoms with Crippen molar-refractivity contribution in [2.75, 3.05) is 18.0 Å². The van der Waals surface area contributed by atoms with Crippen molar-refractivity contribution < 1.29 is 4.79 Å². The number of hydrogen-bond acceptors (Lipinski definition) is 2. The molecule has 98 valence electrons. The molecule has 0 radical (unpaired) electrons. The number of nitrogens with zero attached hydrogens (tertiary/aromatic N) is 1. The molecule has 1 amide bonds. The summed E-state index contributed by atoms with van der Waals surface area (Å²) in [7, 11) is 0. The van der Waals surface area contributed by atoms with Crippen molar-refractivity contribution in [3.05, 3.63) is 27.1 Å². The van der Waals surface area contributed by atoms with Crippen molar-refractivity contribution in [2.24, 2.45) is 0 Å². The van der Waals surface area contributed by atoms with Gasteiger partial charge < -0.3 is 10.2 Å². The molecule has 1 aliphatic heterocycles. The Morgan fingerprint density at radius 2 is 2.22 bits per heavy atom. The molecule has 18 heavy (non-hydrogen) atoms. The molecule has 1 unspecified atom stereocenters. The van der Waals surface area contributed by atoms with E-state index in [1.807, 2.05) is 30.0 Å². The number of halogens is 2. The highest BCUT2D eigenvalue weighted by Gasteiger charge is 2.29. The molecule has 1 N–H and O–H groups in total. The molecule has 0 aliphatic carbocycles. The van der Waals surface area contributed by atoms with E-state index >= 15 is 0 Å². The molecule has 0 saturated carbocycles. The van der Waals surface area contributed by atoms with Gasteiger partial charge in [0.25, 0.3) is 0 Å². The first-order valence-corrected chi connectivity index (χ1v) is 7.72. The third kappa shape index (κ3) is 2.95. The van der Waals surface area contributed by atoms with E-state index in [0.29, 0.717) is 0 Å². The predicted octanol–water partition coefficient (Wildman–Crippen LogP) is 3.32. The quantitative estimate of drug-likeness (QED) is 0.878. The molecule has 0 aromatic heterocycles. The number of amides is 1. The summed E-state index contributed by atoms with van der Waals surface area (Å²) in [6, 6.07) is 5.86. The van der Waals surface area contributed by atoms with Gasteiger partial charge in [0.15, 0.2) is 0 Å². The molecule has 1 saturated heterocycles. The zero-order valence-electron chi connectivity index (χ0n) is 10.2. The van der Waals surface area contributed by atoms with Crippen LogP contribution >= 0.6 is 31.9 Å². The highest BCUT2D eigenvalue weighted by atomic mass is 79.9. The number of carbonyl (C=O) groups is 1. The number of piperidine rings is 1. The van der Waals surface area contributed by atoms with Crippen molar-refractivity contribution in [2.45, 2.75) is 25.8 Å². The van der Waals surface area contributed by atoms with E-state index in [1.165, 1.54) is 0 Å². The number of likely N-dealkylation sites (N-methyl/N-ethyl adjacent to an activating group) is 1. The van der Waals surface area contributed by atoms with Crippen LogP contribution in [0.15, 0.2) is 27.1 Å². The fourth-order valence-electron chi connectivity index (χ4n) is 2.25. The molecule has 1 heterocycles. The minimum absolute atomic E-state index is 0.0423. The lowest BCUT2D eigenvalue weighted by Crippen LogP contribution is -2.50. The summed E-state index contributed by atoms with van der Waals surface area (Å²) in [5.74, 6) is 0.172. The topological polar surface area (TPSA) is 32.3 Å². The van der Waals surface area contributed by atoms with Gasteiger partial charge in [-0.3, -0.25) is 4.79 Å². The first-order chi connectivity index (χ1) is 8.63. The maximum absolute atomic E-state index is 12.4. The Hall–Kier alpha value is -0.390. The first-order valence-electron chi connectivity index (χ1n) is 6.13. The normalized spacial score (nSPS) is 20.3. The first kappa shape index (κ1) is 14.0. The summed E-state index contributed by atoms with van der Waals surface area (Å²) >= 11 is 6.95. The average Bonchev–Trinajstić information content (AvgIpc) is 2.33. The summed E-state index contributed by atoms with van der Waals surface area (Å²) in [5.41, 5.74) is 0.950. The zero-order chi connectivity index (χ0) is 13.1. The predicted molar refractivity (Wildman–Crippen MR) is 80.9 cm³/mol. The molecule has 5 heteroatoms. The van der Waals surface area contributed by atoms with Crippen LogP contribution < -0.4 is 10.2 Å². The number of nitrogens with one attached hydrogen (secondary N) is 1. The second kappa shape index (κ2) is 6.17. The Kier molecular flexibility index (Phi) is 4.81. The molecule has 3 nitrogen and oxygen atoms in total. The van der Waals surface area contributed by atoms with Gasteiger partial charge in [0, 0.05) is 15.5 Å². The van der Waals surface area contributed by atoms with Crippen LogP contribution in [-0.4, -0.2) is 25.0 Å². The van der Waals surface area contributed by atoms with Crippen LogP contribution in [0.5, 0.6) is 0 Å². The van der Waals surface area contributed by atoms with E-state index in [-0.39, 0.29) is 11.9 Å². The van der Waals surface area contributed by atoms with Gasteiger partial charge in [-0.1, -0.05) is 22.9 Å². The third-order valence-corrected chi connectivity index (χ3v) is 4.22. The van der Waals surface area contributed by atoms with Gasteiger partial charge in [0.1, 0.15) is 0 Å². The molecule has 1 atom stereocenters. The average molecular weight is 376 g/mol. The van der Waals surface area contributed by atoms with Gasteiger partial charge in [0.2, 0.25) is 5.91 Å². The lowest BCUT2D eigenvalue weighted by atomic mass is 10.0. The molecule has 1 aliphatic rings. The van der Waals surface area contributed by atoms with Crippen molar-refractivity contribution in [1.82, 2.24) is 5.32 Å². The number of rotatable bonds is 3. The highest BCUT2D eigenvalue weighted by Crippen LogP contribution is 2.31. The fourth-order valence-corrected chi connectivity index (χ4v) is 3.51. The van der Waals surface area contributed by atoms with E-state index in [2.05, 4.69) is 37.2 Å². The molecular formula is C13H16Br2N2O. The van der Waals surface area contributed by atoms with Crippen molar-refractivity contribution >= 4 is 43.5 Å². The van der Waals surface area contributed by atoms with E-state index in [0.717, 1.165) is 40.6 Å². The fraction of sp³-hybridized carbons (Fsp3) is 0.462. The maximum atomic E-state index is 12.4. The second-order valence-corrected chi connectivity index (χ2v) is 6.11. The van der Waals surface area contributed by atoms with E-state index in [4.69, 9.17) is 0 Å². The number of hydrogen-bond donors (Lipinski definition) is 1. The van der Waals surface area contributed by atoms with Crippen LogP contribution in [-0.2, 0) is 4.79 Å². The van der Waals surface area contributed by atoms with Crippen LogP contribution in [0.3, 0.4) is 0 Å². The molecular weight excluding hydrogens is 360 g/mol. The van der Waals surface area contributed by atoms with Gasteiger partial charge in [-0.15, -0.1) is 0 Å². The van der Waals surface area contributed by atoms with Crippen LogP contribution in [0.1, 0.15) is 19.8 Å². The Morgan fingerprint density at radius 3 is 2.89 bits per heavy atom. The minimum Gasteiger partial charge on any atom is -0.310 e. The molecule has 2 rings (SSSR count). The van der Waals surface area contributed by atoms with Gasteiger partial charge in [-0.05, 0) is 53.5 Å². The second-order valence-electron chi connectivity index (χ2n) is 4.34. The Bertz CT molecular complexity index is 449. The largest absolute Gasteiger partial charge is 0.310 e.